The van der Waals surface area contributed by atoms with Gasteiger partial charge in [0.05, 0.1) is 12.7 Å². The molecule has 0 fully saturated rings. The standard InChI is InChI=1S/C27H23BrClNO4/c1-16-26-19(14-30(15-33-26)10-9-17-5-3-4-6-22(17)29)12-21-25(31)24(34-27(16)21)13-18-11-20(28)7-8-23(18)32-2/h3-8,11-13H,9-10,14-15H2,1-2H3/b24-13-. The lowest BCUT2D eigenvalue weighted by atomic mass is 9.99. The van der Waals surface area contributed by atoms with Gasteiger partial charge in [-0.2, -0.15) is 0 Å². The van der Waals surface area contributed by atoms with E-state index in [1.807, 2.05) is 55.5 Å². The van der Waals surface area contributed by atoms with E-state index in [0.717, 1.165) is 50.5 Å². The topological polar surface area (TPSA) is 48.0 Å². The fourth-order valence-corrected chi connectivity index (χ4v) is 4.99. The molecule has 0 bridgehead atoms. The third-order valence-electron chi connectivity index (χ3n) is 6.14. The summed E-state index contributed by atoms with van der Waals surface area (Å²) in [6, 6.07) is 15.4. The molecule has 2 aliphatic rings. The molecule has 0 saturated heterocycles. The molecule has 3 aromatic carbocycles. The van der Waals surface area contributed by atoms with E-state index in [-0.39, 0.29) is 11.5 Å². The number of halogens is 2. The molecule has 0 atom stereocenters. The first-order valence-corrected chi connectivity index (χ1v) is 12.1. The maximum Gasteiger partial charge on any atom is 0.231 e. The van der Waals surface area contributed by atoms with Gasteiger partial charge in [-0.25, -0.2) is 0 Å². The third kappa shape index (κ3) is 4.33. The molecule has 0 saturated carbocycles. The van der Waals surface area contributed by atoms with Crippen LogP contribution in [0, 0.1) is 6.92 Å². The maximum atomic E-state index is 13.2. The van der Waals surface area contributed by atoms with Gasteiger partial charge in [-0.05, 0) is 55.3 Å². The van der Waals surface area contributed by atoms with E-state index in [0.29, 0.717) is 30.3 Å². The Hall–Kier alpha value is -2.80. The van der Waals surface area contributed by atoms with Crippen molar-refractivity contribution >= 4 is 39.4 Å². The first-order valence-electron chi connectivity index (χ1n) is 11.0. The number of methoxy groups -OCH3 is 1. The molecule has 0 spiro atoms. The number of benzene rings is 3. The quantitative estimate of drug-likeness (QED) is 0.349. The van der Waals surface area contributed by atoms with E-state index in [4.69, 9.17) is 25.8 Å². The molecule has 0 unspecified atom stereocenters. The monoisotopic (exact) mass is 539 g/mol. The number of rotatable bonds is 5. The SMILES string of the molecule is COc1ccc(Br)cc1/C=C1\Oc2c(cc3c(c2C)OCN(CCc2ccccc2Cl)C3)C1=O. The van der Waals surface area contributed by atoms with Gasteiger partial charge in [0.15, 0.2) is 5.76 Å². The van der Waals surface area contributed by atoms with Crippen molar-refractivity contribution in [3.8, 4) is 17.2 Å². The lowest BCUT2D eigenvalue weighted by Gasteiger charge is -2.30. The Kier molecular flexibility index (Phi) is 6.38. The van der Waals surface area contributed by atoms with Gasteiger partial charge in [0, 0.05) is 39.3 Å². The number of nitrogens with zero attached hydrogens (tertiary/aromatic N) is 1. The number of hydrogen-bond donors (Lipinski definition) is 0. The van der Waals surface area contributed by atoms with Gasteiger partial charge in [0.25, 0.3) is 0 Å². The largest absolute Gasteiger partial charge is 0.496 e. The highest BCUT2D eigenvalue weighted by Gasteiger charge is 2.33. The number of ether oxygens (including phenoxy) is 3. The van der Waals surface area contributed by atoms with E-state index in [2.05, 4.69) is 20.8 Å². The Morgan fingerprint density at radius 2 is 2.00 bits per heavy atom. The van der Waals surface area contributed by atoms with Gasteiger partial charge in [0.1, 0.15) is 24.0 Å². The van der Waals surface area contributed by atoms with E-state index in [9.17, 15) is 4.79 Å². The van der Waals surface area contributed by atoms with Crippen molar-refractivity contribution in [2.75, 3.05) is 20.4 Å². The van der Waals surface area contributed by atoms with Crippen molar-refractivity contribution in [1.82, 2.24) is 4.90 Å². The van der Waals surface area contributed by atoms with E-state index >= 15 is 0 Å². The lowest BCUT2D eigenvalue weighted by molar-refractivity contribution is 0.0954. The Balaban J connectivity index is 1.39. The van der Waals surface area contributed by atoms with Gasteiger partial charge < -0.3 is 14.2 Å². The molecule has 174 valence electrons. The highest BCUT2D eigenvalue weighted by molar-refractivity contribution is 9.10. The summed E-state index contributed by atoms with van der Waals surface area (Å²) >= 11 is 9.78. The van der Waals surface area contributed by atoms with Crippen LogP contribution in [0.3, 0.4) is 0 Å². The van der Waals surface area contributed by atoms with Crippen LogP contribution in [0.2, 0.25) is 5.02 Å². The van der Waals surface area contributed by atoms with Gasteiger partial charge in [-0.15, -0.1) is 0 Å². The third-order valence-corrected chi connectivity index (χ3v) is 7.00. The van der Waals surface area contributed by atoms with E-state index < -0.39 is 0 Å². The highest BCUT2D eigenvalue weighted by Crippen LogP contribution is 2.43. The van der Waals surface area contributed by atoms with Crippen molar-refractivity contribution < 1.29 is 19.0 Å². The Morgan fingerprint density at radius 3 is 2.79 bits per heavy atom. The molecule has 2 aliphatic heterocycles. The number of ketones is 1. The summed E-state index contributed by atoms with van der Waals surface area (Å²) in [5, 5.41) is 0.777. The van der Waals surface area contributed by atoms with Crippen molar-refractivity contribution in [3.05, 3.63) is 91.6 Å². The van der Waals surface area contributed by atoms with Gasteiger partial charge in [-0.3, -0.25) is 9.69 Å². The molecule has 3 aromatic rings. The number of fused-ring (bicyclic) bond motifs is 2. The molecular weight excluding hydrogens is 518 g/mol. The van der Waals surface area contributed by atoms with Gasteiger partial charge in [0.2, 0.25) is 5.78 Å². The summed E-state index contributed by atoms with van der Waals surface area (Å²) in [4.78, 5) is 15.4. The second-order valence-corrected chi connectivity index (χ2v) is 9.68. The van der Waals surface area contributed by atoms with Crippen LogP contribution in [0.5, 0.6) is 17.2 Å². The predicted octanol–water partition coefficient (Wildman–Crippen LogP) is 6.43. The zero-order valence-corrected chi connectivity index (χ0v) is 21.2. The average molecular weight is 541 g/mol. The molecule has 0 N–H and O–H groups in total. The minimum atomic E-state index is -0.142. The van der Waals surface area contributed by atoms with Crippen LogP contribution in [0.25, 0.3) is 6.08 Å². The van der Waals surface area contributed by atoms with Crippen molar-refractivity contribution in [1.29, 1.82) is 0 Å². The number of Topliss-reactive ketones (excluding diaryl/α,β-unsaturated/α-hetero) is 1. The summed E-state index contributed by atoms with van der Waals surface area (Å²) in [5.41, 5.74) is 4.27. The summed E-state index contributed by atoms with van der Waals surface area (Å²) in [5.74, 6) is 2.15. The lowest BCUT2D eigenvalue weighted by Crippen LogP contribution is -2.34. The number of hydrogen-bond acceptors (Lipinski definition) is 5. The van der Waals surface area contributed by atoms with E-state index in [1.54, 1.807) is 13.2 Å². The molecule has 0 aromatic heterocycles. The molecule has 7 heteroatoms. The van der Waals surface area contributed by atoms with Crippen LogP contribution in [-0.4, -0.2) is 31.1 Å². The Labute approximate surface area is 212 Å². The molecule has 0 amide bonds. The van der Waals surface area contributed by atoms with Crippen LogP contribution >= 0.6 is 27.5 Å². The van der Waals surface area contributed by atoms with Crippen molar-refractivity contribution in [2.45, 2.75) is 19.9 Å². The zero-order valence-electron chi connectivity index (χ0n) is 18.9. The summed E-state index contributed by atoms with van der Waals surface area (Å²) < 4.78 is 18.5. The minimum Gasteiger partial charge on any atom is -0.496 e. The van der Waals surface area contributed by atoms with Crippen LogP contribution < -0.4 is 14.2 Å². The number of carbonyl (C=O) groups excluding carboxylic acids is 1. The summed E-state index contributed by atoms with van der Waals surface area (Å²) in [6.07, 6.45) is 2.55. The first-order chi connectivity index (χ1) is 16.4. The first kappa shape index (κ1) is 23.0. The molecule has 2 heterocycles. The maximum absolute atomic E-state index is 13.2. The molecule has 5 nitrogen and oxygen atoms in total. The fraction of sp³-hybridized carbons (Fsp3) is 0.222. The number of carbonyl (C=O) groups is 1. The predicted molar refractivity (Wildman–Crippen MR) is 136 cm³/mol. The van der Waals surface area contributed by atoms with Crippen LogP contribution in [0.15, 0.2) is 58.8 Å². The molecule has 0 aliphatic carbocycles. The van der Waals surface area contributed by atoms with Crippen LogP contribution in [0.1, 0.15) is 32.6 Å². The normalized spacial score (nSPS) is 16.1. The van der Waals surface area contributed by atoms with Crippen LogP contribution in [-0.2, 0) is 13.0 Å². The molecular formula is C27H23BrClNO4. The zero-order chi connectivity index (χ0) is 23.8. The van der Waals surface area contributed by atoms with Crippen LogP contribution in [0.4, 0.5) is 0 Å². The highest BCUT2D eigenvalue weighted by atomic mass is 79.9. The second-order valence-electron chi connectivity index (χ2n) is 8.36. The second kappa shape index (κ2) is 9.45. The van der Waals surface area contributed by atoms with E-state index in [1.165, 1.54) is 0 Å². The molecule has 34 heavy (non-hydrogen) atoms. The van der Waals surface area contributed by atoms with Crippen molar-refractivity contribution in [3.63, 3.8) is 0 Å². The minimum absolute atomic E-state index is 0.142. The smallest absolute Gasteiger partial charge is 0.231 e. The molecule has 5 rings (SSSR count). The average Bonchev–Trinajstić information content (AvgIpc) is 3.14. The molecule has 0 radical (unpaired) electrons. The summed E-state index contributed by atoms with van der Waals surface area (Å²) in [7, 11) is 1.60. The Morgan fingerprint density at radius 1 is 1.18 bits per heavy atom. The van der Waals surface area contributed by atoms with Crippen molar-refractivity contribution in [2.24, 2.45) is 0 Å². The van der Waals surface area contributed by atoms with Gasteiger partial charge in [-0.1, -0.05) is 45.7 Å². The summed E-state index contributed by atoms with van der Waals surface area (Å²) in [6.45, 7) is 3.91. The number of allylic oxidation sites excluding steroid dienone is 1. The Bertz CT molecular complexity index is 1320. The van der Waals surface area contributed by atoms with Gasteiger partial charge >= 0.3 is 0 Å². The fourth-order valence-electron chi connectivity index (χ4n) is 4.38.